The maximum absolute atomic E-state index is 14.0. The van der Waals surface area contributed by atoms with E-state index in [9.17, 15) is 9.18 Å². The summed E-state index contributed by atoms with van der Waals surface area (Å²) in [7, 11) is 0. The molecule has 1 aromatic rings. The third kappa shape index (κ3) is 5.76. The van der Waals surface area contributed by atoms with Gasteiger partial charge in [-0.25, -0.2) is 4.39 Å². The Balaban J connectivity index is 1.77. The minimum absolute atomic E-state index is 0.0441. The molecule has 3 N–H and O–H groups in total. The van der Waals surface area contributed by atoms with Crippen molar-refractivity contribution in [2.45, 2.75) is 38.6 Å². The molecule has 1 aromatic carbocycles. The van der Waals surface area contributed by atoms with Crippen molar-refractivity contribution in [1.82, 2.24) is 10.6 Å². The van der Waals surface area contributed by atoms with Crippen LogP contribution in [0.5, 0.6) is 5.75 Å². The summed E-state index contributed by atoms with van der Waals surface area (Å²) in [5.41, 5.74) is -0.0441. The monoisotopic (exact) mass is 338 g/mol. The Hall–Kier alpha value is -1.66. The molecule has 134 valence electrons. The molecule has 1 aliphatic heterocycles. The standard InChI is InChI=1S/C18H27FN2O3/c1-13(12-22)21-18(23)16-5-4-15(11-17(16)19)24-10-2-3-14-6-8-20-9-7-14/h4-5,11,13-14,20,22H,2-3,6-10,12H2,1H3,(H,21,23). The van der Waals surface area contributed by atoms with Gasteiger partial charge in [-0.2, -0.15) is 0 Å². The van der Waals surface area contributed by atoms with E-state index in [1.807, 2.05) is 0 Å². The Kier molecular flexibility index (Phi) is 7.46. The fraction of sp³-hybridized carbons (Fsp3) is 0.611. The van der Waals surface area contributed by atoms with Crippen LogP contribution >= 0.6 is 0 Å². The van der Waals surface area contributed by atoms with Crippen LogP contribution in [0.1, 0.15) is 43.0 Å². The van der Waals surface area contributed by atoms with Crippen LogP contribution in [0, 0.1) is 11.7 Å². The van der Waals surface area contributed by atoms with Crippen LogP contribution in [0.2, 0.25) is 0 Å². The molecule has 1 heterocycles. The van der Waals surface area contributed by atoms with Crippen LogP contribution < -0.4 is 15.4 Å². The van der Waals surface area contributed by atoms with Crippen molar-refractivity contribution in [3.8, 4) is 5.75 Å². The van der Waals surface area contributed by atoms with E-state index in [4.69, 9.17) is 9.84 Å². The van der Waals surface area contributed by atoms with Gasteiger partial charge in [0, 0.05) is 12.1 Å². The summed E-state index contributed by atoms with van der Waals surface area (Å²) in [5, 5.41) is 14.8. The summed E-state index contributed by atoms with van der Waals surface area (Å²) in [6, 6.07) is 3.84. The molecule has 6 heteroatoms. The number of halogens is 1. The molecule has 1 saturated heterocycles. The van der Waals surface area contributed by atoms with Gasteiger partial charge < -0.3 is 20.5 Å². The molecule has 1 unspecified atom stereocenters. The number of carbonyl (C=O) groups excluding carboxylic acids is 1. The van der Waals surface area contributed by atoms with Gasteiger partial charge in [-0.3, -0.25) is 4.79 Å². The number of rotatable bonds is 8. The van der Waals surface area contributed by atoms with E-state index < -0.39 is 17.8 Å². The van der Waals surface area contributed by atoms with E-state index in [0.717, 1.165) is 31.8 Å². The van der Waals surface area contributed by atoms with Crippen molar-refractivity contribution in [1.29, 1.82) is 0 Å². The van der Waals surface area contributed by atoms with Crippen LogP contribution in [-0.2, 0) is 0 Å². The molecule has 0 bridgehead atoms. The number of piperidine rings is 1. The van der Waals surface area contributed by atoms with E-state index in [-0.39, 0.29) is 12.2 Å². The lowest BCUT2D eigenvalue weighted by Crippen LogP contribution is -2.35. The zero-order valence-corrected chi connectivity index (χ0v) is 14.2. The molecule has 5 nitrogen and oxygen atoms in total. The van der Waals surface area contributed by atoms with Crippen molar-refractivity contribution in [3.05, 3.63) is 29.6 Å². The number of hydrogen-bond acceptors (Lipinski definition) is 4. The Morgan fingerprint density at radius 3 is 2.88 bits per heavy atom. The SMILES string of the molecule is CC(CO)NC(=O)c1ccc(OCCCC2CCNCC2)cc1F. The fourth-order valence-corrected chi connectivity index (χ4v) is 2.85. The molecule has 1 aliphatic rings. The van der Waals surface area contributed by atoms with Crippen molar-refractivity contribution < 1.29 is 19.0 Å². The van der Waals surface area contributed by atoms with Gasteiger partial charge >= 0.3 is 0 Å². The normalized spacial score (nSPS) is 16.6. The number of aliphatic hydroxyl groups excluding tert-OH is 1. The van der Waals surface area contributed by atoms with Crippen LogP contribution in [0.3, 0.4) is 0 Å². The summed E-state index contributed by atoms with van der Waals surface area (Å²) in [6.45, 7) is 4.20. The van der Waals surface area contributed by atoms with E-state index in [2.05, 4.69) is 10.6 Å². The first-order valence-electron chi connectivity index (χ1n) is 8.65. The third-order valence-corrected chi connectivity index (χ3v) is 4.32. The van der Waals surface area contributed by atoms with E-state index >= 15 is 0 Å². The lowest BCUT2D eigenvalue weighted by molar-refractivity contribution is 0.0918. The predicted molar refractivity (Wildman–Crippen MR) is 90.7 cm³/mol. The van der Waals surface area contributed by atoms with Gasteiger partial charge in [0.15, 0.2) is 0 Å². The highest BCUT2D eigenvalue weighted by Gasteiger charge is 2.15. The predicted octanol–water partition coefficient (Wildman–Crippen LogP) is 2.09. The van der Waals surface area contributed by atoms with Crippen molar-refractivity contribution >= 4 is 5.91 Å². The molecule has 24 heavy (non-hydrogen) atoms. The number of benzene rings is 1. The summed E-state index contributed by atoms with van der Waals surface area (Å²) in [6.07, 6.45) is 4.50. The van der Waals surface area contributed by atoms with Gasteiger partial charge in [-0.1, -0.05) is 0 Å². The molecule has 1 amide bonds. The molecule has 1 atom stereocenters. The molecule has 0 radical (unpaired) electrons. The Labute approximate surface area is 142 Å². The van der Waals surface area contributed by atoms with Gasteiger partial charge in [-0.05, 0) is 63.7 Å². The highest BCUT2D eigenvalue weighted by molar-refractivity contribution is 5.94. The molecule has 0 spiro atoms. The van der Waals surface area contributed by atoms with Gasteiger partial charge in [-0.15, -0.1) is 0 Å². The second-order valence-corrected chi connectivity index (χ2v) is 6.38. The first-order valence-corrected chi connectivity index (χ1v) is 8.65. The second-order valence-electron chi connectivity index (χ2n) is 6.38. The van der Waals surface area contributed by atoms with Crippen molar-refractivity contribution in [2.24, 2.45) is 5.92 Å². The number of hydrogen-bond donors (Lipinski definition) is 3. The number of carbonyl (C=O) groups is 1. The molecular weight excluding hydrogens is 311 g/mol. The van der Waals surface area contributed by atoms with Crippen LogP contribution in [0.4, 0.5) is 4.39 Å². The Morgan fingerprint density at radius 2 is 2.21 bits per heavy atom. The molecule has 0 aliphatic carbocycles. The van der Waals surface area contributed by atoms with Crippen molar-refractivity contribution in [3.63, 3.8) is 0 Å². The van der Waals surface area contributed by atoms with E-state index in [0.29, 0.717) is 12.4 Å². The topological polar surface area (TPSA) is 70.6 Å². The molecule has 0 aromatic heterocycles. The first-order chi connectivity index (χ1) is 11.6. The van der Waals surface area contributed by atoms with E-state index in [1.165, 1.54) is 25.0 Å². The summed E-state index contributed by atoms with van der Waals surface area (Å²) in [4.78, 5) is 11.9. The average molecular weight is 338 g/mol. The number of amides is 1. The number of nitrogens with one attached hydrogen (secondary N) is 2. The highest BCUT2D eigenvalue weighted by atomic mass is 19.1. The Morgan fingerprint density at radius 1 is 1.46 bits per heavy atom. The van der Waals surface area contributed by atoms with Gasteiger partial charge in [0.05, 0.1) is 18.8 Å². The van der Waals surface area contributed by atoms with Crippen LogP contribution in [0.15, 0.2) is 18.2 Å². The minimum atomic E-state index is -0.617. The number of aliphatic hydroxyl groups is 1. The number of ether oxygens (including phenoxy) is 1. The smallest absolute Gasteiger partial charge is 0.254 e. The maximum atomic E-state index is 14.0. The summed E-state index contributed by atoms with van der Waals surface area (Å²) < 4.78 is 19.6. The third-order valence-electron chi connectivity index (χ3n) is 4.32. The lowest BCUT2D eigenvalue weighted by Gasteiger charge is -2.22. The summed E-state index contributed by atoms with van der Waals surface area (Å²) in [5.74, 6) is 0.0377. The zero-order chi connectivity index (χ0) is 17.4. The van der Waals surface area contributed by atoms with E-state index in [1.54, 1.807) is 13.0 Å². The summed E-state index contributed by atoms with van der Waals surface area (Å²) >= 11 is 0. The first kappa shape index (κ1) is 18.7. The lowest BCUT2D eigenvalue weighted by atomic mass is 9.93. The zero-order valence-electron chi connectivity index (χ0n) is 14.2. The largest absolute Gasteiger partial charge is 0.493 e. The van der Waals surface area contributed by atoms with Gasteiger partial charge in [0.2, 0.25) is 0 Å². The molecule has 1 fully saturated rings. The fourth-order valence-electron chi connectivity index (χ4n) is 2.85. The quantitative estimate of drug-likeness (QED) is 0.635. The minimum Gasteiger partial charge on any atom is -0.493 e. The van der Waals surface area contributed by atoms with Crippen LogP contribution in [0.25, 0.3) is 0 Å². The van der Waals surface area contributed by atoms with Gasteiger partial charge in [0.1, 0.15) is 11.6 Å². The molecule has 2 rings (SSSR count). The average Bonchev–Trinajstić information content (AvgIpc) is 2.59. The van der Waals surface area contributed by atoms with Crippen molar-refractivity contribution in [2.75, 3.05) is 26.3 Å². The van der Waals surface area contributed by atoms with Gasteiger partial charge in [0.25, 0.3) is 5.91 Å². The maximum Gasteiger partial charge on any atom is 0.254 e. The highest BCUT2D eigenvalue weighted by Crippen LogP contribution is 2.20. The molecule has 0 saturated carbocycles. The van der Waals surface area contributed by atoms with Crippen LogP contribution in [-0.4, -0.2) is 43.4 Å². The second kappa shape index (κ2) is 9.59. The molecular formula is C18H27FN2O3. The Bertz CT molecular complexity index is 533.